The van der Waals surface area contributed by atoms with Crippen LogP contribution in [0.4, 0.5) is 10.1 Å². The number of benzene rings is 2. The highest BCUT2D eigenvalue weighted by molar-refractivity contribution is 5.48. The Kier molecular flexibility index (Phi) is 4.17. The Morgan fingerprint density at radius 3 is 2.42 bits per heavy atom. The summed E-state index contributed by atoms with van der Waals surface area (Å²) in [5.41, 5.74) is 1.07. The van der Waals surface area contributed by atoms with Gasteiger partial charge in [0.2, 0.25) is 0 Å². The van der Waals surface area contributed by atoms with E-state index in [2.05, 4.69) is 5.32 Å². The molecule has 0 spiro atoms. The fourth-order valence-corrected chi connectivity index (χ4v) is 2.21. The Morgan fingerprint density at radius 1 is 1.11 bits per heavy atom. The van der Waals surface area contributed by atoms with Crippen LogP contribution >= 0.6 is 0 Å². The van der Waals surface area contributed by atoms with Crippen molar-refractivity contribution >= 4 is 5.69 Å². The normalized spacial score (nSPS) is 13.8. The molecule has 0 fully saturated rings. The summed E-state index contributed by atoms with van der Waals surface area (Å²) in [7, 11) is 0. The molecule has 0 radical (unpaired) electrons. The molecule has 2 aromatic rings. The molecule has 0 amide bonds. The van der Waals surface area contributed by atoms with Gasteiger partial charge >= 0.3 is 0 Å². The highest BCUT2D eigenvalue weighted by Crippen LogP contribution is 2.29. The molecule has 19 heavy (non-hydrogen) atoms. The molecule has 2 nitrogen and oxygen atoms in total. The van der Waals surface area contributed by atoms with Gasteiger partial charge in [-0.15, -0.1) is 0 Å². The largest absolute Gasteiger partial charge is 0.394 e. The Bertz CT molecular complexity index is 523. The first-order chi connectivity index (χ1) is 9.20. The summed E-state index contributed by atoms with van der Waals surface area (Å²) in [5, 5.41) is 13.1. The van der Waals surface area contributed by atoms with E-state index in [0.717, 1.165) is 5.56 Å². The minimum absolute atomic E-state index is 0.0516. The van der Waals surface area contributed by atoms with E-state index in [1.54, 1.807) is 12.1 Å². The summed E-state index contributed by atoms with van der Waals surface area (Å²) in [6.45, 7) is 1.94. The van der Waals surface area contributed by atoms with Gasteiger partial charge in [-0.1, -0.05) is 43.3 Å². The summed E-state index contributed by atoms with van der Waals surface area (Å²) >= 11 is 0. The van der Waals surface area contributed by atoms with Crippen molar-refractivity contribution in [1.82, 2.24) is 0 Å². The molecule has 0 saturated carbocycles. The molecule has 0 bridgehead atoms. The van der Waals surface area contributed by atoms with E-state index < -0.39 is 5.54 Å². The number of aliphatic hydroxyl groups excluding tert-OH is 1. The van der Waals surface area contributed by atoms with Crippen LogP contribution in [0.1, 0.15) is 18.9 Å². The molecule has 0 aliphatic rings. The number of aliphatic hydroxyl groups is 1. The predicted octanol–water partition coefficient (Wildman–Crippen LogP) is 3.54. The lowest BCUT2D eigenvalue weighted by Crippen LogP contribution is -2.38. The van der Waals surface area contributed by atoms with Crippen LogP contribution in [-0.2, 0) is 5.54 Å². The molecule has 2 N–H and O–H groups in total. The zero-order valence-corrected chi connectivity index (χ0v) is 10.9. The highest BCUT2D eigenvalue weighted by atomic mass is 19.1. The van der Waals surface area contributed by atoms with Crippen LogP contribution in [0.25, 0.3) is 0 Å². The molecular formula is C16H18FNO. The highest BCUT2D eigenvalue weighted by Gasteiger charge is 2.29. The maximum Gasteiger partial charge on any atom is 0.125 e. The molecular weight excluding hydrogens is 241 g/mol. The number of halogens is 1. The lowest BCUT2D eigenvalue weighted by atomic mass is 9.87. The van der Waals surface area contributed by atoms with E-state index in [0.29, 0.717) is 12.1 Å². The molecule has 2 aromatic carbocycles. The SMILES string of the molecule is CCC(CO)(Nc1cccc(F)c1)c1ccccc1. The van der Waals surface area contributed by atoms with Crippen molar-refractivity contribution in [3.8, 4) is 0 Å². The van der Waals surface area contributed by atoms with Crippen molar-refractivity contribution in [2.45, 2.75) is 18.9 Å². The number of hydrogen-bond acceptors (Lipinski definition) is 2. The molecule has 0 saturated heterocycles. The van der Waals surface area contributed by atoms with E-state index in [1.807, 2.05) is 37.3 Å². The zero-order chi connectivity index (χ0) is 13.7. The number of anilines is 1. The number of rotatable bonds is 5. The van der Waals surface area contributed by atoms with E-state index in [4.69, 9.17) is 0 Å². The second kappa shape index (κ2) is 5.85. The topological polar surface area (TPSA) is 32.3 Å². The van der Waals surface area contributed by atoms with Gasteiger partial charge in [0, 0.05) is 5.69 Å². The maximum absolute atomic E-state index is 13.3. The van der Waals surface area contributed by atoms with Gasteiger partial charge in [0.25, 0.3) is 0 Å². The van der Waals surface area contributed by atoms with Crippen LogP contribution in [0, 0.1) is 5.82 Å². The first-order valence-electron chi connectivity index (χ1n) is 6.40. The lowest BCUT2D eigenvalue weighted by Gasteiger charge is -2.33. The second-order valence-electron chi connectivity index (χ2n) is 4.60. The van der Waals surface area contributed by atoms with E-state index in [-0.39, 0.29) is 12.4 Å². The summed E-state index contributed by atoms with van der Waals surface area (Å²) in [5.74, 6) is -0.291. The fraction of sp³-hybridized carbons (Fsp3) is 0.250. The van der Waals surface area contributed by atoms with Gasteiger partial charge in [-0.05, 0) is 30.2 Å². The van der Waals surface area contributed by atoms with Crippen molar-refractivity contribution in [2.24, 2.45) is 0 Å². The monoisotopic (exact) mass is 259 g/mol. The Labute approximate surface area is 112 Å². The first kappa shape index (κ1) is 13.6. The molecule has 3 heteroatoms. The van der Waals surface area contributed by atoms with E-state index >= 15 is 0 Å². The van der Waals surface area contributed by atoms with Crippen molar-refractivity contribution in [3.63, 3.8) is 0 Å². The third-order valence-corrected chi connectivity index (χ3v) is 3.41. The Hall–Kier alpha value is -1.87. The fourth-order valence-electron chi connectivity index (χ4n) is 2.21. The average Bonchev–Trinajstić information content (AvgIpc) is 2.46. The van der Waals surface area contributed by atoms with Gasteiger partial charge in [-0.25, -0.2) is 4.39 Å². The van der Waals surface area contributed by atoms with Crippen LogP contribution in [0.2, 0.25) is 0 Å². The van der Waals surface area contributed by atoms with Crippen molar-refractivity contribution in [1.29, 1.82) is 0 Å². The molecule has 0 heterocycles. The molecule has 0 aromatic heterocycles. The third kappa shape index (κ3) is 2.93. The van der Waals surface area contributed by atoms with Crippen LogP contribution < -0.4 is 5.32 Å². The van der Waals surface area contributed by atoms with E-state index in [9.17, 15) is 9.50 Å². The zero-order valence-electron chi connectivity index (χ0n) is 10.9. The summed E-state index contributed by atoms with van der Waals surface area (Å²) in [4.78, 5) is 0. The van der Waals surface area contributed by atoms with Crippen LogP contribution in [0.5, 0.6) is 0 Å². The van der Waals surface area contributed by atoms with E-state index in [1.165, 1.54) is 12.1 Å². The van der Waals surface area contributed by atoms with Crippen LogP contribution in [0.3, 0.4) is 0 Å². The van der Waals surface area contributed by atoms with Crippen molar-refractivity contribution < 1.29 is 9.50 Å². The van der Waals surface area contributed by atoms with Gasteiger partial charge in [-0.2, -0.15) is 0 Å². The Morgan fingerprint density at radius 2 is 1.84 bits per heavy atom. The quantitative estimate of drug-likeness (QED) is 0.861. The molecule has 2 rings (SSSR count). The number of nitrogens with one attached hydrogen (secondary N) is 1. The minimum Gasteiger partial charge on any atom is -0.394 e. The minimum atomic E-state index is -0.588. The predicted molar refractivity (Wildman–Crippen MR) is 75.5 cm³/mol. The van der Waals surface area contributed by atoms with Gasteiger partial charge in [0.05, 0.1) is 12.1 Å². The van der Waals surface area contributed by atoms with Gasteiger partial charge in [0.15, 0.2) is 0 Å². The summed E-state index contributed by atoms with van der Waals surface area (Å²) in [6, 6.07) is 16.0. The first-order valence-corrected chi connectivity index (χ1v) is 6.40. The van der Waals surface area contributed by atoms with Crippen LogP contribution in [-0.4, -0.2) is 11.7 Å². The van der Waals surface area contributed by atoms with Gasteiger partial charge in [0.1, 0.15) is 5.82 Å². The molecule has 1 unspecified atom stereocenters. The smallest absolute Gasteiger partial charge is 0.125 e. The van der Waals surface area contributed by atoms with Gasteiger partial charge < -0.3 is 10.4 Å². The van der Waals surface area contributed by atoms with Crippen molar-refractivity contribution in [3.05, 3.63) is 66.0 Å². The van der Waals surface area contributed by atoms with Crippen molar-refractivity contribution in [2.75, 3.05) is 11.9 Å². The standard InChI is InChI=1S/C16H18FNO/c1-2-16(12-19,13-7-4-3-5-8-13)18-15-10-6-9-14(17)11-15/h3-11,18-19H,2,12H2,1H3. The van der Waals surface area contributed by atoms with Gasteiger partial charge in [-0.3, -0.25) is 0 Å². The molecule has 0 aliphatic heterocycles. The summed E-state index contributed by atoms with van der Waals surface area (Å²) < 4.78 is 13.3. The van der Waals surface area contributed by atoms with Crippen LogP contribution in [0.15, 0.2) is 54.6 Å². The Balaban J connectivity index is 2.35. The summed E-state index contributed by atoms with van der Waals surface area (Å²) in [6.07, 6.45) is 0.698. The lowest BCUT2D eigenvalue weighted by molar-refractivity contribution is 0.207. The maximum atomic E-state index is 13.3. The molecule has 0 aliphatic carbocycles. The molecule has 100 valence electrons. The second-order valence-corrected chi connectivity index (χ2v) is 4.60. The average molecular weight is 259 g/mol. The number of hydrogen-bond donors (Lipinski definition) is 2. The third-order valence-electron chi connectivity index (χ3n) is 3.41. The molecule has 1 atom stereocenters.